The Hall–Kier alpha value is -2.63. The summed E-state index contributed by atoms with van der Waals surface area (Å²) in [6.45, 7) is 6.59. The Kier molecular flexibility index (Phi) is 69.6. The molecule has 0 aliphatic carbocycles. The fourth-order valence-electron chi connectivity index (χ4n) is 11.3. The lowest BCUT2D eigenvalue weighted by Gasteiger charge is -2.18. The maximum Gasteiger partial charge on any atom is 0.306 e. The molecule has 0 aromatic carbocycles. The van der Waals surface area contributed by atoms with Gasteiger partial charge in [-0.15, -0.1) is 0 Å². The molecule has 0 aliphatic rings. The predicted molar refractivity (Wildman–Crippen MR) is 362 cm³/mol. The highest BCUT2D eigenvalue weighted by Crippen LogP contribution is 2.19. The minimum Gasteiger partial charge on any atom is -0.462 e. The minimum atomic E-state index is -0.782. The Labute approximate surface area is 518 Å². The zero-order chi connectivity index (χ0) is 59.9. The quantitative estimate of drug-likeness (QED) is 0.0261. The maximum atomic E-state index is 13.0. The number of unbranched alkanes of at least 4 members (excludes halogenated alkanes) is 50. The van der Waals surface area contributed by atoms with Crippen LogP contribution in [0.5, 0.6) is 0 Å². The van der Waals surface area contributed by atoms with Crippen LogP contribution in [0.25, 0.3) is 0 Å². The Morgan fingerprint density at radius 1 is 0.253 bits per heavy atom. The van der Waals surface area contributed by atoms with E-state index in [1.54, 1.807) is 0 Å². The van der Waals surface area contributed by atoms with Gasteiger partial charge in [0.2, 0.25) is 0 Å². The molecule has 0 aromatic heterocycles. The second kappa shape index (κ2) is 71.8. The van der Waals surface area contributed by atoms with Crippen molar-refractivity contribution in [1.82, 2.24) is 0 Å². The molecule has 0 amide bonds. The van der Waals surface area contributed by atoms with Crippen LogP contribution in [-0.4, -0.2) is 37.2 Å². The number of allylic oxidation sites excluding steroid dienone is 8. The normalized spacial score (nSPS) is 12.3. The van der Waals surface area contributed by atoms with E-state index < -0.39 is 6.10 Å². The first-order valence-corrected chi connectivity index (χ1v) is 37.1. The molecule has 1 unspecified atom stereocenters. The number of ether oxygens (including phenoxy) is 3. The average Bonchev–Trinajstić information content (AvgIpc) is 3.49. The summed E-state index contributed by atoms with van der Waals surface area (Å²) in [6.07, 6.45) is 91.6. The highest BCUT2D eigenvalue weighted by Gasteiger charge is 2.19. The molecule has 0 saturated heterocycles. The van der Waals surface area contributed by atoms with Gasteiger partial charge in [0, 0.05) is 19.3 Å². The number of rotatable bonds is 69. The average molecular weight is 1160 g/mol. The molecule has 6 nitrogen and oxygen atoms in total. The number of carbonyl (C=O) groups is 3. The maximum absolute atomic E-state index is 13.0. The van der Waals surface area contributed by atoms with E-state index in [-0.39, 0.29) is 31.1 Å². The summed E-state index contributed by atoms with van der Waals surface area (Å²) >= 11 is 0. The summed E-state index contributed by atoms with van der Waals surface area (Å²) in [6, 6.07) is 0. The van der Waals surface area contributed by atoms with Crippen LogP contribution in [0, 0.1) is 0 Å². The molecule has 83 heavy (non-hydrogen) atoms. The summed E-state index contributed by atoms with van der Waals surface area (Å²) in [7, 11) is 0. The van der Waals surface area contributed by atoms with Crippen molar-refractivity contribution < 1.29 is 28.6 Å². The van der Waals surface area contributed by atoms with E-state index in [9.17, 15) is 14.4 Å². The van der Waals surface area contributed by atoms with Crippen molar-refractivity contribution in [2.45, 2.75) is 412 Å². The topological polar surface area (TPSA) is 78.9 Å². The van der Waals surface area contributed by atoms with Gasteiger partial charge in [0.05, 0.1) is 0 Å². The largest absolute Gasteiger partial charge is 0.462 e. The van der Waals surface area contributed by atoms with Gasteiger partial charge in [-0.2, -0.15) is 0 Å². The van der Waals surface area contributed by atoms with Gasteiger partial charge in [0.1, 0.15) is 13.2 Å². The molecular formula is C77H142O6. The Morgan fingerprint density at radius 3 is 0.735 bits per heavy atom. The van der Waals surface area contributed by atoms with Crippen LogP contribution >= 0.6 is 0 Å². The SMILES string of the molecule is CC/C=C\C/C=C\C/C=C\C/C=C\CCCCCCC(=O)OCC(COC(=O)CCCCCCCCCCCCCCCCCCCCCCCCCCCCCC)OC(=O)CCCCCCCCCCCCCCCCCCCCCC. The lowest BCUT2D eigenvalue weighted by Crippen LogP contribution is -2.30. The third-order valence-corrected chi connectivity index (χ3v) is 16.8. The van der Waals surface area contributed by atoms with Crippen LogP contribution in [0.2, 0.25) is 0 Å². The van der Waals surface area contributed by atoms with Crippen LogP contribution < -0.4 is 0 Å². The van der Waals surface area contributed by atoms with Gasteiger partial charge in [-0.1, -0.05) is 378 Å². The van der Waals surface area contributed by atoms with E-state index in [1.165, 1.54) is 270 Å². The van der Waals surface area contributed by atoms with E-state index >= 15 is 0 Å². The molecule has 0 N–H and O–H groups in total. The van der Waals surface area contributed by atoms with Crippen LogP contribution in [-0.2, 0) is 28.6 Å². The van der Waals surface area contributed by atoms with Gasteiger partial charge in [-0.3, -0.25) is 14.4 Å². The first-order chi connectivity index (χ1) is 41.0. The van der Waals surface area contributed by atoms with E-state index in [0.717, 1.165) is 96.3 Å². The van der Waals surface area contributed by atoms with E-state index in [1.807, 2.05) is 0 Å². The summed E-state index contributed by atoms with van der Waals surface area (Å²) < 4.78 is 17.0. The van der Waals surface area contributed by atoms with Crippen molar-refractivity contribution in [3.8, 4) is 0 Å². The van der Waals surface area contributed by atoms with Crippen molar-refractivity contribution in [2.75, 3.05) is 13.2 Å². The highest BCUT2D eigenvalue weighted by atomic mass is 16.6. The smallest absolute Gasteiger partial charge is 0.306 e. The number of hydrogen-bond acceptors (Lipinski definition) is 6. The summed E-state index contributed by atoms with van der Waals surface area (Å²) in [5.41, 5.74) is 0. The van der Waals surface area contributed by atoms with Crippen molar-refractivity contribution in [3.63, 3.8) is 0 Å². The van der Waals surface area contributed by atoms with Crippen molar-refractivity contribution in [3.05, 3.63) is 48.6 Å². The first kappa shape index (κ1) is 80.4. The monoisotopic (exact) mass is 1160 g/mol. The molecule has 0 spiro atoms. The molecule has 0 rings (SSSR count). The van der Waals surface area contributed by atoms with E-state index in [2.05, 4.69) is 69.4 Å². The zero-order valence-corrected chi connectivity index (χ0v) is 56.0. The lowest BCUT2D eigenvalue weighted by atomic mass is 10.0. The summed E-state index contributed by atoms with van der Waals surface area (Å²) in [5, 5.41) is 0. The molecule has 0 fully saturated rings. The summed E-state index contributed by atoms with van der Waals surface area (Å²) in [5.74, 6) is -0.869. The molecular weight excluding hydrogens is 1020 g/mol. The highest BCUT2D eigenvalue weighted by molar-refractivity contribution is 5.71. The second-order valence-electron chi connectivity index (χ2n) is 25.2. The first-order valence-electron chi connectivity index (χ1n) is 37.1. The van der Waals surface area contributed by atoms with Gasteiger partial charge in [0.15, 0.2) is 6.10 Å². The predicted octanol–water partition coefficient (Wildman–Crippen LogP) is 25.7. The van der Waals surface area contributed by atoms with Gasteiger partial charge >= 0.3 is 17.9 Å². The van der Waals surface area contributed by atoms with E-state index in [4.69, 9.17) is 14.2 Å². The van der Waals surface area contributed by atoms with Gasteiger partial charge in [0.25, 0.3) is 0 Å². The number of carbonyl (C=O) groups excluding carboxylic acids is 3. The Balaban J connectivity index is 4.25. The zero-order valence-electron chi connectivity index (χ0n) is 56.0. The van der Waals surface area contributed by atoms with Crippen molar-refractivity contribution in [2.24, 2.45) is 0 Å². The van der Waals surface area contributed by atoms with Crippen LogP contribution in [0.3, 0.4) is 0 Å². The van der Waals surface area contributed by atoms with Gasteiger partial charge < -0.3 is 14.2 Å². The second-order valence-corrected chi connectivity index (χ2v) is 25.2. The Bertz CT molecular complexity index is 1430. The molecule has 6 heteroatoms. The lowest BCUT2D eigenvalue weighted by molar-refractivity contribution is -0.167. The third-order valence-electron chi connectivity index (χ3n) is 16.8. The fraction of sp³-hybridized carbons (Fsp3) is 0.857. The third kappa shape index (κ3) is 70.0. The molecule has 0 bridgehead atoms. The number of esters is 3. The molecule has 0 heterocycles. The van der Waals surface area contributed by atoms with Crippen LogP contribution in [0.15, 0.2) is 48.6 Å². The van der Waals surface area contributed by atoms with Crippen molar-refractivity contribution in [1.29, 1.82) is 0 Å². The molecule has 0 radical (unpaired) electrons. The van der Waals surface area contributed by atoms with Crippen LogP contribution in [0.4, 0.5) is 0 Å². The standard InChI is InChI=1S/C77H142O6/c1-4-7-10-13-16-19-22-25-28-31-33-35-36-37-38-39-40-41-42-44-46-49-52-55-58-61-64-67-70-76(79)82-73-74(72-81-75(78)69-66-63-60-57-54-51-48-45-30-27-24-21-18-15-12-9-6-3)83-77(80)71-68-65-62-59-56-53-50-47-43-34-32-29-26-23-20-17-14-11-8-5-2/h9,12,18,21,27,30,48,51,74H,4-8,10-11,13-17,19-20,22-26,28-29,31-47,49-50,52-73H2,1-3H3/b12-9-,21-18-,30-27-,51-48-. The molecule has 486 valence electrons. The van der Waals surface area contributed by atoms with Gasteiger partial charge in [-0.25, -0.2) is 0 Å². The van der Waals surface area contributed by atoms with E-state index in [0.29, 0.717) is 19.3 Å². The minimum absolute atomic E-state index is 0.0755. The molecule has 1 atom stereocenters. The Morgan fingerprint density at radius 2 is 0.470 bits per heavy atom. The number of hydrogen-bond donors (Lipinski definition) is 0. The summed E-state index contributed by atoms with van der Waals surface area (Å²) in [4.78, 5) is 38.5. The van der Waals surface area contributed by atoms with Crippen molar-refractivity contribution >= 4 is 17.9 Å². The van der Waals surface area contributed by atoms with Crippen LogP contribution in [0.1, 0.15) is 406 Å². The fourth-order valence-corrected chi connectivity index (χ4v) is 11.3. The van der Waals surface area contributed by atoms with Gasteiger partial charge in [-0.05, 0) is 57.8 Å². The molecule has 0 saturated carbocycles. The molecule has 0 aliphatic heterocycles. The molecule has 0 aromatic rings.